The first kappa shape index (κ1) is 15.8. The monoisotopic (exact) mass is 315 g/mol. The first-order chi connectivity index (χ1) is 11.1. The third kappa shape index (κ3) is 3.33. The minimum absolute atomic E-state index is 0.0670. The molecular weight excluding hydrogens is 290 g/mol. The lowest BCUT2D eigenvalue weighted by Gasteiger charge is -2.21. The first-order valence-electron chi connectivity index (χ1n) is 8.25. The van der Waals surface area contributed by atoms with E-state index in [1.54, 1.807) is 7.05 Å². The smallest absolute Gasteiger partial charge is 0.310 e. The molecular formula is C18H25N3O2. The fraction of sp³-hybridized carbons (Fsp3) is 0.556. The molecule has 1 aromatic rings. The predicted octanol–water partition coefficient (Wildman–Crippen LogP) is 1.86. The largest absolute Gasteiger partial charge is 0.469 e. The Morgan fingerprint density at radius 3 is 2.70 bits per heavy atom. The maximum absolute atomic E-state index is 11.8. The van der Waals surface area contributed by atoms with Crippen molar-refractivity contribution < 1.29 is 9.53 Å². The third-order valence-electron chi connectivity index (χ3n) is 4.96. The Labute approximate surface area is 137 Å². The van der Waals surface area contributed by atoms with Crippen LogP contribution in [0.5, 0.6) is 0 Å². The number of nitrogens with one attached hydrogen (secondary N) is 1. The number of hydrogen-bond acceptors (Lipinski definition) is 3. The topological polar surface area (TPSA) is 53.9 Å². The van der Waals surface area contributed by atoms with Gasteiger partial charge in [-0.15, -0.1) is 0 Å². The molecule has 0 spiro atoms. The predicted molar refractivity (Wildman–Crippen MR) is 90.3 cm³/mol. The van der Waals surface area contributed by atoms with Crippen LogP contribution in [0.4, 0.5) is 0 Å². The minimum atomic E-state index is -0.121. The molecule has 23 heavy (non-hydrogen) atoms. The van der Waals surface area contributed by atoms with Gasteiger partial charge < -0.3 is 15.0 Å². The molecule has 0 amide bonds. The zero-order valence-electron chi connectivity index (χ0n) is 14.0. The molecule has 4 atom stereocenters. The van der Waals surface area contributed by atoms with Crippen molar-refractivity contribution in [2.75, 3.05) is 27.2 Å². The van der Waals surface area contributed by atoms with Gasteiger partial charge in [0, 0.05) is 32.1 Å². The lowest BCUT2D eigenvalue weighted by Crippen LogP contribution is -2.42. The van der Waals surface area contributed by atoms with Crippen LogP contribution in [0, 0.1) is 11.8 Å². The van der Waals surface area contributed by atoms with Gasteiger partial charge in [0.25, 0.3) is 0 Å². The SMILES string of the molecule is CN=C(NC1CC1c1ccccc1)N1CC(C)C(C(=O)OC)C1. The fourth-order valence-corrected chi connectivity index (χ4v) is 3.48. The number of esters is 1. The molecule has 1 heterocycles. The Balaban J connectivity index is 1.59. The van der Waals surface area contributed by atoms with E-state index in [0.717, 1.165) is 18.9 Å². The summed E-state index contributed by atoms with van der Waals surface area (Å²) in [7, 11) is 3.26. The molecule has 0 aromatic heterocycles. The molecule has 2 aliphatic rings. The summed E-state index contributed by atoms with van der Waals surface area (Å²) >= 11 is 0. The number of aliphatic imine (C=N–C) groups is 1. The van der Waals surface area contributed by atoms with Gasteiger partial charge in [-0.25, -0.2) is 0 Å². The van der Waals surface area contributed by atoms with Gasteiger partial charge in [-0.1, -0.05) is 37.3 Å². The fourth-order valence-electron chi connectivity index (χ4n) is 3.48. The Kier molecular flexibility index (Phi) is 4.55. The van der Waals surface area contributed by atoms with E-state index in [-0.39, 0.29) is 17.8 Å². The molecule has 1 aliphatic heterocycles. The number of methoxy groups -OCH3 is 1. The van der Waals surface area contributed by atoms with Gasteiger partial charge in [0.1, 0.15) is 0 Å². The Hall–Kier alpha value is -2.04. The van der Waals surface area contributed by atoms with Crippen molar-refractivity contribution in [2.45, 2.75) is 25.3 Å². The zero-order valence-corrected chi connectivity index (χ0v) is 14.0. The van der Waals surface area contributed by atoms with Crippen molar-refractivity contribution in [1.82, 2.24) is 10.2 Å². The summed E-state index contributed by atoms with van der Waals surface area (Å²) in [5, 5.41) is 3.55. The van der Waals surface area contributed by atoms with Crippen LogP contribution < -0.4 is 5.32 Å². The van der Waals surface area contributed by atoms with Gasteiger partial charge in [0.15, 0.2) is 5.96 Å². The third-order valence-corrected chi connectivity index (χ3v) is 4.96. The Bertz CT molecular complexity index is 587. The number of benzene rings is 1. The highest BCUT2D eigenvalue weighted by molar-refractivity contribution is 5.83. The van der Waals surface area contributed by atoms with E-state index in [1.807, 2.05) is 6.07 Å². The summed E-state index contributed by atoms with van der Waals surface area (Å²) in [6.45, 7) is 3.61. The number of likely N-dealkylation sites (tertiary alicyclic amines) is 1. The van der Waals surface area contributed by atoms with Gasteiger partial charge >= 0.3 is 5.97 Å². The molecule has 1 saturated heterocycles. The number of carbonyl (C=O) groups is 1. The van der Waals surface area contributed by atoms with Crippen molar-refractivity contribution in [1.29, 1.82) is 0 Å². The Morgan fingerprint density at radius 1 is 1.30 bits per heavy atom. The van der Waals surface area contributed by atoms with Crippen molar-refractivity contribution in [3.8, 4) is 0 Å². The second-order valence-corrected chi connectivity index (χ2v) is 6.56. The lowest BCUT2D eigenvalue weighted by molar-refractivity contribution is -0.145. The molecule has 1 N–H and O–H groups in total. The molecule has 124 valence electrons. The highest BCUT2D eigenvalue weighted by Crippen LogP contribution is 2.40. The average Bonchev–Trinajstić information content (AvgIpc) is 3.25. The summed E-state index contributed by atoms with van der Waals surface area (Å²) in [6.07, 6.45) is 1.13. The highest BCUT2D eigenvalue weighted by Gasteiger charge is 2.42. The zero-order chi connectivity index (χ0) is 16.4. The van der Waals surface area contributed by atoms with Crippen molar-refractivity contribution >= 4 is 11.9 Å². The van der Waals surface area contributed by atoms with Crippen LogP contribution in [-0.4, -0.2) is 50.1 Å². The van der Waals surface area contributed by atoms with E-state index in [9.17, 15) is 4.79 Å². The van der Waals surface area contributed by atoms with E-state index in [2.05, 4.69) is 46.4 Å². The van der Waals surface area contributed by atoms with Crippen LogP contribution in [0.2, 0.25) is 0 Å². The van der Waals surface area contributed by atoms with Gasteiger partial charge in [-0.3, -0.25) is 9.79 Å². The van der Waals surface area contributed by atoms with Crippen LogP contribution in [0.1, 0.15) is 24.8 Å². The molecule has 5 heteroatoms. The maximum atomic E-state index is 11.8. The molecule has 3 rings (SSSR count). The van der Waals surface area contributed by atoms with Crippen LogP contribution in [0.25, 0.3) is 0 Å². The molecule has 0 radical (unpaired) electrons. The standard InChI is InChI=1S/C18H25N3O2/c1-12-10-21(11-15(12)17(22)23-3)18(19-2)20-16-9-14(16)13-7-5-4-6-8-13/h4-8,12,14-16H,9-11H2,1-3H3,(H,19,20). The van der Waals surface area contributed by atoms with Crippen LogP contribution in [-0.2, 0) is 9.53 Å². The summed E-state index contributed by atoms with van der Waals surface area (Å²) in [5.74, 6) is 1.55. The summed E-state index contributed by atoms with van der Waals surface area (Å²) in [4.78, 5) is 18.4. The molecule has 4 unspecified atom stereocenters. The first-order valence-corrected chi connectivity index (χ1v) is 8.25. The van der Waals surface area contributed by atoms with E-state index in [0.29, 0.717) is 18.5 Å². The van der Waals surface area contributed by atoms with E-state index in [1.165, 1.54) is 12.7 Å². The van der Waals surface area contributed by atoms with Crippen LogP contribution in [0.15, 0.2) is 35.3 Å². The van der Waals surface area contributed by atoms with Crippen molar-refractivity contribution in [3.05, 3.63) is 35.9 Å². The molecule has 5 nitrogen and oxygen atoms in total. The van der Waals surface area contributed by atoms with E-state index in [4.69, 9.17) is 4.74 Å². The minimum Gasteiger partial charge on any atom is -0.469 e. The number of guanidine groups is 1. The number of carbonyl (C=O) groups excluding carboxylic acids is 1. The van der Waals surface area contributed by atoms with Crippen LogP contribution >= 0.6 is 0 Å². The second kappa shape index (κ2) is 6.60. The molecule has 1 aromatic carbocycles. The average molecular weight is 315 g/mol. The number of rotatable bonds is 3. The molecule has 0 bridgehead atoms. The summed E-state index contributed by atoms with van der Waals surface area (Å²) in [6, 6.07) is 11.0. The molecule has 1 saturated carbocycles. The van der Waals surface area contributed by atoms with Gasteiger partial charge in [-0.2, -0.15) is 0 Å². The van der Waals surface area contributed by atoms with Crippen LogP contribution in [0.3, 0.4) is 0 Å². The summed E-state index contributed by atoms with van der Waals surface area (Å²) in [5.41, 5.74) is 1.38. The normalized spacial score (nSPS) is 30.2. The molecule has 1 aliphatic carbocycles. The number of hydrogen-bond donors (Lipinski definition) is 1. The van der Waals surface area contributed by atoms with Gasteiger partial charge in [0.05, 0.1) is 13.0 Å². The van der Waals surface area contributed by atoms with Crippen molar-refractivity contribution in [3.63, 3.8) is 0 Å². The second-order valence-electron chi connectivity index (χ2n) is 6.56. The number of ether oxygens (including phenoxy) is 1. The van der Waals surface area contributed by atoms with Gasteiger partial charge in [0.2, 0.25) is 0 Å². The van der Waals surface area contributed by atoms with Crippen molar-refractivity contribution in [2.24, 2.45) is 16.8 Å². The van der Waals surface area contributed by atoms with E-state index < -0.39 is 0 Å². The quantitative estimate of drug-likeness (QED) is 0.525. The molecule has 2 fully saturated rings. The van der Waals surface area contributed by atoms with Gasteiger partial charge in [-0.05, 0) is 17.9 Å². The Morgan fingerprint density at radius 2 is 2.04 bits per heavy atom. The summed E-state index contributed by atoms with van der Waals surface area (Å²) < 4.78 is 4.91. The van der Waals surface area contributed by atoms with E-state index >= 15 is 0 Å². The lowest BCUT2D eigenvalue weighted by atomic mass is 9.99. The highest BCUT2D eigenvalue weighted by atomic mass is 16.5. The maximum Gasteiger partial charge on any atom is 0.310 e. The number of nitrogens with zero attached hydrogens (tertiary/aromatic N) is 2.